The van der Waals surface area contributed by atoms with Crippen LogP contribution >= 0.6 is 0 Å². The van der Waals surface area contributed by atoms with Crippen molar-refractivity contribution in [2.45, 2.75) is 12.8 Å². The van der Waals surface area contributed by atoms with Crippen LogP contribution in [0.15, 0.2) is 24.7 Å². The third-order valence-electron chi connectivity index (χ3n) is 2.11. The molecular formula is C10H14N6. The molecule has 2 heterocycles. The number of nitrogens with one attached hydrogen (secondary N) is 2. The highest BCUT2D eigenvalue weighted by atomic mass is 15.1. The Hall–Kier alpha value is -2.11. The number of rotatable bonds is 5. The molecule has 0 saturated heterocycles. The van der Waals surface area contributed by atoms with Crippen LogP contribution in [0.5, 0.6) is 0 Å². The zero-order valence-corrected chi connectivity index (χ0v) is 8.85. The van der Waals surface area contributed by atoms with Crippen molar-refractivity contribution in [3.05, 3.63) is 30.5 Å². The Morgan fingerprint density at radius 2 is 2.25 bits per heavy atom. The van der Waals surface area contributed by atoms with E-state index >= 15 is 0 Å². The van der Waals surface area contributed by atoms with Crippen LogP contribution in [0.25, 0.3) is 0 Å². The third kappa shape index (κ3) is 2.94. The first kappa shape index (κ1) is 10.4. The maximum Gasteiger partial charge on any atom is 0.224 e. The van der Waals surface area contributed by atoms with Crippen molar-refractivity contribution >= 4 is 11.8 Å². The number of hydrogen-bond donors (Lipinski definition) is 3. The molecule has 0 aliphatic heterocycles. The maximum absolute atomic E-state index is 5.53. The first-order chi connectivity index (χ1) is 7.84. The molecule has 0 atom stereocenters. The van der Waals surface area contributed by atoms with E-state index < -0.39 is 0 Å². The topological polar surface area (TPSA) is 92.5 Å². The van der Waals surface area contributed by atoms with E-state index in [0.717, 1.165) is 25.2 Å². The highest BCUT2D eigenvalue weighted by Gasteiger charge is 1.97. The fourth-order valence-electron chi connectivity index (χ4n) is 1.35. The summed E-state index contributed by atoms with van der Waals surface area (Å²) >= 11 is 0. The van der Waals surface area contributed by atoms with Crippen molar-refractivity contribution in [2.24, 2.45) is 0 Å². The van der Waals surface area contributed by atoms with Gasteiger partial charge < -0.3 is 16.0 Å². The second-order valence-electron chi connectivity index (χ2n) is 3.37. The van der Waals surface area contributed by atoms with Crippen molar-refractivity contribution in [2.75, 3.05) is 17.6 Å². The first-order valence-electron chi connectivity index (χ1n) is 5.15. The molecule has 0 aliphatic carbocycles. The molecule has 84 valence electrons. The Balaban J connectivity index is 1.72. The zero-order chi connectivity index (χ0) is 11.2. The van der Waals surface area contributed by atoms with Crippen molar-refractivity contribution in [3.63, 3.8) is 0 Å². The van der Waals surface area contributed by atoms with Gasteiger partial charge in [0.2, 0.25) is 5.95 Å². The Labute approximate surface area is 93.3 Å². The van der Waals surface area contributed by atoms with E-state index in [2.05, 4.69) is 25.3 Å². The van der Waals surface area contributed by atoms with Crippen molar-refractivity contribution in [3.8, 4) is 0 Å². The molecule has 6 nitrogen and oxygen atoms in total. The summed E-state index contributed by atoms with van der Waals surface area (Å²) in [6.07, 6.45) is 7.08. The minimum atomic E-state index is 0.475. The van der Waals surface area contributed by atoms with E-state index in [0.29, 0.717) is 11.8 Å². The SMILES string of the molecule is Nc1ccnc(NCCCc2ncc[nH]2)n1. The molecule has 0 saturated carbocycles. The van der Waals surface area contributed by atoms with E-state index in [-0.39, 0.29) is 0 Å². The number of anilines is 2. The van der Waals surface area contributed by atoms with E-state index in [1.165, 1.54) is 0 Å². The van der Waals surface area contributed by atoms with Gasteiger partial charge in [0, 0.05) is 31.6 Å². The molecule has 2 aromatic rings. The predicted octanol–water partition coefficient (Wildman–Crippen LogP) is 0.827. The molecule has 0 aromatic carbocycles. The quantitative estimate of drug-likeness (QED) is 0.646. The van der Waals surface area contributed by atoms with Crippen molar-refractivity contribution < 1.29 is 0 Å². The lowest BCUT2D eigenvalue weighted by Gasteiger charge is -2.03. The van der Waals surface area contributed by atoms with E-state index in [1.54, 1.807) is 18.5 Å². The van der Waals surface area contributed by atoms with Crippen LogP contribution in [-0.4, -0.2) is 26.5 Å². The average molecular weight is 218 g/mol. The monoisotopic (exact) mass is 218 g/mol. The summed E-state index contributed by atoms with van der Waals surface area (Å²) in [5.74, 6) is 2.04. The summed E-state index contributed by atoms with van der Waals surface area (Å²) in [4.78, 5) is 15.3. The van der Waals surface area contributed by atoms with Gasteiger partial charge in [-0.1, -0.05) is 0 Å². The highest BCUT2D eigenvalue weighted by Crippen LogP contribution is 2.01. The fraction of sp³-hybridized carbons (Fsp3) is 0.300. The molecule has 0 aliphatic rings. The molecule has 0 amide bonds. The highest BCUT2D eigenvalue weighted by molar-refractivity contribution is 5.34. The molecular weight excluding hydrogens is 204 g/mol. The minimum Gasteiger partial charge on any atom is -0.384 e. The smallest absolute Gasteiger partial charge is 0.224 e. The molecule has 6 heteroatoms. The minimum absolute atomic E-state index is 0.475. The van der Waals surface area contributed by atoms with E-state index in [1.807, 2.05) is 6.20 Å². The lowest BCUT2D eigenvalue weighted by molar-refractivity contribution is 0.810. The maximum atomic E-state index is 5.53. The number of aromatic nitrogens is 4. The Kier molecular flexibility index (Phi) is 3.32. The van der Waals surface area contributed by atoms with E-state index in [4.69, 9.17) is 5.73 Å². The summed E-state index contributed by atoms with van der Waals surface area (Å²) in [5.41, 5.74) is 5.53. The molecule has 0 fully saturated rings. The number of aryl methyl sites for hydroxylation is 1. The second kappa shape index (κ2) is 5.11. The zero-order valence-electron chi connectivity index (χ0n) is 8.85. The Morgan fingerprint density at radius 1 is 1.31 bits per heavy atom. The molecule has 2 rings (SSSR count). The summed E-state index contributed by atoms with van der Waals surface area (Å²) in [6, 6.07) is 1.66. The van der Waals surface area contributed by atoms with Crippen LogP contribution in [0.1, 0.15) is 12.2 Å². The molecule has 0 bridgehead atoms. The fourth-order valence-corrected chi connectivity index (χ4v) is 1.35. The summed E-state index contributed by atoms with van der Waals surface area (Å²) < 4.78 is 0. The Bertz CT molecular complexity index is 425. The summed E-state index contributed by atoms with van der Waals surface area (Å²) in [7, 11) is 0. The van der Waals surface area contributed by atoms with Crippen LogP contribution < -0.4 is 11.1 Å². The van der Waals surface area contributed by atoms with Crippen LogP contribution in [0.3, 0.4) is 0 Å². The number of aromatic amines is 1. The van der Waals surface area contributed by atoms with Gasteiger partial charge in [0.15, 0.2) is 0 Å². The average Bonchev–Trinajstić information content (AvgIpc) is 2.77. The summed E-state index contributed by atoms with van der Waals surface area (Å²) in [5, 5.41) is 3.10. The largest absolute Gasteiger partial charge is 0.384 e. The molecule has 0 radical (unpaired) electrons. The van der Waals surface area contributed by atoms with Gasteiger partial charge in [0.05, 0.1) is 0 Å². The molecule has 16 heavy (non-hydrogen) atoms. The standard InChI is InChI=1S/C10H14N6/c11-8-3-5-15-10(16-8)14-4-1-2-9-12-6-7-13-9/h3,5-7H,1-2,4H2,(H,12,13)(H3,11,14,15,16). The van der Waals surface area contributed by atoms with Gasteiger partial charge in [0.1, 0.15) is 11.6 Å². The van der Waals surface area contributed by atoms with Gasteiger partial charge in [-0.3, -0.25) is 0 Å². The Morgan fingerprint density at radius 3 is 3.00 bits per heavy atom. The van der Waals surface area contributed by atoms with Gasteiger partial charge in [-0.15, -0.1) is 0 Å². The molecule has 4 N–H and O–H groups in total. The van der Waals surface area contributed by atoms with Crippen LogP contribution in [0, 0.1) is 0 Å². The summed E-state index contributed by atoms with van der Waals surface area (Å²) in [6.45, 7) is 0.796. The van der Waals surface area contributed by atoms with Crippen LogP contribution in [0.2, 0.25) is 0 Å². The predicted molar refractivity (Wildman–Crippen MR) is 61.8 cm³/mol. The lowest BCUT2D eigenvalue weighted by Crippen LogP contribution is -2.07. The second-order valence-corrected chi connectivity index (χ2v) is 3.37. The molecule has 2 aromatic heterocycles. The van der Waals surface area contributed by atoms with Crippen molar-refractivity contribution in [1.82, 2.24) is 19.9 Å². The lowest BCUT2D eigenvalue weighted by atomic mass is 10.3. The molecule has 0 unspecified atom stereocenters. The first-order valence-corrected chi connectivity index (χ1v) is 5.15. The number of H-pyrrole nitrogens is 1. The van der Waals surface area contributed by atoms with Crippen LogP contribution in [-0.2, 0) is 6.42 Å². The van der Waals surface area contributed by atoms with Gasteiger partial charge in [-0.2, -0.15) is 4.98 Å². The number of nitrogen functional groups attached to an aromatic ring is 1. The molecule has 0 spiro atoms. The van der Waals surface area contributed by atoms with Gasteiger partial charge in [-0.25, -0.2) is 9.97 Å². The number of nitrogens with two attached hydrogens (primary N) is 1. The normalized spacial score (nSPS) is 10.2. The third-order valence-corrected chi connectivity index (χ3v) is 2.11. The number of imidazole rings is 1. The van der Waals surface area contributed by atoms with E-state index in [9.17, 15) is 0 Å². The van der Waals surface area contributed by atoms with Gasteiger partial charge in [-0.05, 0) is 12.5 Å². The van der Waals surface area contributed by atoms with Gasteiger partial charge in [0.25, 0.3) is 0 Å². The van der Waals surface area contributed by atoms with Gasteiger partial charge >= 0.3 is 0 Å². The van der Waals surface area contributed by atoms with Crippen molar-refractivity contribution in [1.29, 1.82) is 0 Å². The number of nitrogens with zero attached hydrogens (tertiary/aromatic N) is 3. The number of hydrogen-bond acceptors (Lipinski definition) is 5. The van der Waals surface area contributed by atoms with Crippen LogP contribution in [0.4, 0.5) is 11.8 Å².